The summed E-state index contributed by atoms with van der Waals surface area (Å²) in [7, 11) is -3.77. The first-order valence-corrected chi connectivity index (χ1v) is 12.5. The van der Waals surface area contributed by atoms with Crippen molar-refractivity contribution in [2.24, 2.45) is 0 Å². The SMILES string of the molecule is Cc1ccccc1NS(=O)(=O)c1ccc(C(=O)N2CCCN(c3ncccc3C#N)CC2)cc1. The summed E-state index contributed by atoms with van der Waals surface area (Å²) in [5.74, 6) is 0.481. The van der Waals surface area contributed by atoms with Gasteiger partial charge in [0.05, 0.1) is 16.1 Å². The van der Waals surface area contributed by atoms with E-state index in [0.717, 1.165) is 12.0 Å². The molecule has 1 saturated heterocycles. The van der Waals surface area contributed by atoms with Crippen LogP contribution in [0.4, 0.5) is 11.5 Å². The van der Waals surface area contributed by atoms with E-state index in [-0.39, 0.29) is 10.8 Å². The molecular formula is C25H25N5O3S. The Balaban J connectivity index is 1.44. The zero-order valence-corrected chi connectivity index (χ0v) is 19.6. The van der Waals surface area contributed by atoms with E-state index in [4.69, 9.17) is 0 Å². The third-order valence-corrected chi connectivity index (χ3v) is 7.17. The molecule has 174 valence electrons. The van der Waals surface area contributed by atoms with Crippen molar-refractivity contribution in [1.29, 1.82) is 5.26 Å². The second-order valence-corrected chi connectivity index (χ2v) is 9.75. The summed E-state index contributed by atoms with van der Waals surface area (Å²) in [4.78, 5) is 21.3. The fourth-order valence-electron chi connectivity index (χ4n) is 3.92. The van der Waals surface area contributed by atoms with Gasteiger partial charge >= 0.3 is 0 Å². The molecule has 0 radical (unpaired) electrons. The zero-order valence-electron chi connectivity index (χ0n) is 18.8. The number of nitriles is 1. The van der Waals surface area contributed by atoms with E-state index >= 15 is 0 Å². The summed E-state index contributed by atoms with van der Waals surface area (Å²) in [5.41, 5.74) is 2.28. The number of pyridine rings is 1. The van der Waals surface area contributed by atoms with Crippen LogP contribution in [0.5, 0.6) is 0 Å². The largest absolute Gasteiger partial charge is 0.354 e. The van der Waals surface area contributed by atoms with E-state index in [1.165, 1.54) is 12.1 Å². The molecule has 4 rings (SSSR count). The van der Waals surface area contributed by atoms with Crippen molar-refractivity contribution in [3.05, 3.63) is 83.6 Å². The summed E-state index contributed by atoms with van der Waals surface area (Å²) < 4.78 is 28.1. The first kappa shape index (κ1) is 23.3. The number of rotatable bonds is 5. The van der Waals surface area contributed by atoms with Crippen molar-refractivity contribution in [2.45, 2.75) is 18.2 Å². The molecule has 1 fully saturated rings. The van der Waals surface area contributed by atoms with Gasteiger partial charge in [-0.1, -0.05) is 18.2 Å². The molecule has 1 amide bonds. The van der Waals surface area contributed by atoms with E-state index in [0.29, 0.717) is 48.8 Å². The summed E-state index contributed by atoms with van der Waals surface area (Å²) in [6.45, 7) is 4.13. The predicted molar refractivity (Wildman–Crippen MR) is 130 cm³/mol. The third kappa shape index (κ3) is 5.02. The highest BCUT2D eigenvalue weighted by Gasteiger charge is 2.23. The minimum atomic E-state index is -3.77. The molecule has 1 aromatic heterocycles. The highest BCUT2D eigenvalue weighted by Crippen LogP contribution is 2.21. The molecular weight excluding hydrogens is 450 g/mol. The number of nitrogens with one attached hydrogen (secondary N) is 1. The molecule has 0 unspecified atom stereocenters. The smallest absolute Gasteiger partial charge is 0.261 e. The number of hydrogen-bond acceptors (Lipinski definition) is 6. The Kier molecular flexibility index (Phi) is 6.80. The number of benzene rings is 2. The van der Waals surface area contributed by atoms with Crippen LogP contribution in [-0.4, -0.2) is 50.4 Å². The van der Waals surface area contributed by atoms with E-state index in [2.05, 4.69) is 15.8 Å². The number of para-hydroxylation sites is 1. The van der Waals surface area contributed by atoms with Crippen LogP contribution in [0, 0.1) is 18.3 Å². The first-order valence-electron chi connectivity index (χ1n) is 11.0. The van der Waals surface area contributed by atoms with Crippen LogP contribution in [0.15, 0.2) is 71.8 Å². The summed E-state index contributed by atoms with van der Waals surface area (Å²) in [6.07, 6.45) is 2.40. The van der Waals surface area contributed by atoms with Crippen molar-refractivity contribution in [3.8, 4) is 6.07 Å². The Labute approximate surface area is 199 Å². The topological polar surface area (TPSA) is 106 Å². The van der Waals surface area contributed by atoms with Crippen molar-refractivity contribution in [3.63, 3.8) is 0 Å². The average Bonchev–Trinajstić information content (AvgIpc) is 3.11. The van der Waals surface area contributed by atoms with Gasteiger partial charge in [0.1, 0.15) is 11.9 Å². The van der Waals surface area contributed by atoms with Gasteiger partial charge in [0.15, 0.2) is 0 Å². The van der Waals surface area contributed by atoms with Gasteiger partial charge in [-0.15, -0.1) is 0 Å². The maximum atomic E-state index is 13.1. The molecule has 8 nitrogen and oxygen atoms in total. The summed E-state index contributed by atoms with van der Waals surface area (Å²) in [5, 5.41) is 9.36. The molecule has 0 spiro atoms. The third-order valence-electron chi connectivity index (χ3n) is 5.79. The molecule has 3 aromatic rings. The molecule has 0 saturated carbocycles. The van der Waals surface area contributed by atoms with Crippen LogP contribution in [0.2, 0.25) is 0 Å². The van der Waals surface area contributed by atoms with Gasteiger partial charge in [-0.2, -0.15) is 5.26 Å². The van der Waals surface area contributed by atoms with Crippen LogP contribution in [0.25, 0.3) is 0 Å². The molecule has 1 N–H and O–H groups in total. The predicted octanol–water partition coefficient (Wildman–Crippen LogP) is 3.42. The second kappa shape index (κ2) is 9.93. The number of hydrogen-bond donors (Lipinski definition) is 1. The minimum Gasteiger partial charge on any atom is -0.354 e. The lowest BCUT2D eigenvalue weighted by atomic mass is 10.2. The lowest BCUT2D eigenvalue weighted by Crippen LogP contribution is -2.35. The summed E-state index contributed by atoms with van der Waals surface area (Å²) >= 11 is 0. The number of carbonyl (C=O) groups is 1. The molecule has 34 heavy (non-hydrogen) atoms. The highest BCUT2D eigenvalue weighted by atomic mass is 32.2. The second-order valence-electron chi connectivity index (χ2n) is 8.06. The van der Waals surface area contributed by atoms with E-state index in [9.17, 15) is 18.5 Å². The lowest BCUT2D eigenvalue weighted by Gasteiger charge is -2.23. The van der Waals surface area contributed by atoms with Crippen LogP contribution in [0.3, 0.4) is 0 Å². The molecule has 1 aliphatic heterocycles. The highest BCUT2D eigenvalue weighted by molar-refractivity contribution is 7.92. The zero-order chi connectivity index (χ0) is 24.1. The van der Waals surface area contributed by atoms with Crippen molar-refractivity contribution >= 4 is 27.4 Å². The lowest BCUT2D eigenvalue weighted by molar-refractivity contribution is 0.0767. The van der Waals surface area contributed by atoms with Gasteiger partial charge in [0, 0.05) is 37.9 Å². The van der Waals surface area contributed by atoms with Gasteiger partial charge in [-0.3, -0.25) is 9.52 Å². The number of carbonyl (C=O) groups excluding carboxylic acids is 1. The molecule has 0 aliphatic carbocycles. The molecule has 2 heterocycles. The molecule has 9 heteroatoms. The van der Waals surface area contributed by atoms with Gasteiger partial charge in [-0.25, -0.2) is 13.4 Å². The maximum absolute atomic E-state index is 13.1. The van der Waals surface area contributed by atoms with Crippen LogP contribution >= 0.6 is 0 Å². The Morgan fingerprint density at radius 3 is 2.50 bits per heavy atom. The number of aromatic nitrogens is 1. The average molecular weight is 476 g/mol. The van der Waals surface area contributed by atoms with Crippen LogP contribution in [0.1, 0.15) is 27.9 Å². The standard InChI is InChI=1S/C25H25N5O3S/c1-19-6-2-3-8-23(19)28-34(32,33)22-11-9-20(10-12-22)25(31)30-15-5-14-29(16-17-30)24-21(18-26)7-4-13-27-24/h2-4,6-13,28H,5,14-17H2,1H3. The quantitative estimate of drug-likeness (QED) is 0.606. The van der Waals surface area contributed by atoms with E-state index in [1.54, 1.807) is 47.5 Å². The van der Waals surface area contributed by atoms with Gasteiger partial charge in [0.25, 0.3) is 15.9 Å². The van der Waals surface area contributed by atoms with E-state index < -0.39 is 10.0 Å². The maximum Gasteiger partial charge on any atom is 0.261 e. The normalized spacial score (nSPS) is 14.2. The van der Waals surface area contributed by atoms with Crippen molar-refractivity contribution in [1.82, 2.24) is 9.88 Å². The molecule has 0 atom stereocenters. The van der Waals surface area contributed by atoms with Crippen LogP contribution in [-0.2, 0) is 10.0 Å². The monoisotopic (exact) mass is 475 g/mol. The number of sulfonamides is 1. The number of amides is 1. The first-order chi connectivity index (χ1) is 16.4. The van der Waals surface area contributed by atoms with Gasteiger partial charge < -0.3 is 9.80 Å². The Morgan fingerprint density at radius 1 is 1.00 bits per heavy atom. The van der Waals surface area contributed by atoms with Gasteiger partial charge in [-0.05, 0) is 61.4 Å². The molecule has 1 aliphatic rings. The molecule has 2 aromatic carbocycles. The van der Waals surface area contributed by atoms with Gasteiger partial charge in [0.2, 0.25) is 0 Å². The fraction of sp³-hybridized carbons (Fsp3) is 0.240. The number of anilines is 2. The fourth-order valence-corrected chi connectivity index (χ4v) is 5.05. The molecule has 0 bridgehead atoms. The summed E-state index contributed by atoms with van der Waals surface area (Å²) in [6, 6.07) is 18.8. The van der Waals surface area contributed by atoms with E-state index in [1.807, 2.05) is 24.0 Å². The Hall–Kier alpha value is -3.90. The van der Waals surface area contributed by atoms with Crippen LogP contribution < -0.4 is 9.62 Å². The van der Waals surface area contributed by atoms with Crippen molar-refractivity contribution < 1.29 is 13.2 Å². The minimum absolute atomic E-state index is 0.0912. The Morgan fingerprint density at radius 2 is 1.76 bits per heavy atom. The number of nitrogens with zero attached hydrogens (tertiary/aromatic N) is 4. The van der Waals surface area contributed by atoms with Crippen molar-refractivity contribution in [2.75, 3.05) is 35.8 Å². The Bertz CT molecular complexity index is 1330. The number of aryl methyl sites for hydroxylation is 1.